The van der Waals surface area contributed by atoms with Crippen LogP contribution in [0.2, 0.25) is 0 Å². The topological polar surface area (TPSA) is 57.0 Å². The Bertz CT molecular complexity index is 1280. The standard InChI is InChI=1S/C23H16F3N3O2S/c1-15(30)31-20-10-6-5-9-17(20)11-12-18-13-21(23(24,25)26)29(28-18)22-27-19(14-32-22)16-7-3-2-4-8-16/h2-14H,1H3. The second-order valence-electron chi connectivity index (χ2n) is 6.71. The van der Waals surface area contributed by atoms with Crippen LogP contribution in [0.15, 0.2) is 66.0 Å². The summed E-state index contributed by atoms with van der Waals surface area (Å²) in [6, 6.07) is 16.8. The van der Waals surface area contributed by atoms with Gasteiger partial charge < -0.3 is 4.74 Å². The number of halogens is 3. The molecule has 0 aliphatic heterocycles. The molecular formula is C23H16F3N3O2S. The van der Waals surface area contributed by atoms with E-state index in [9.17, 15) is 18.0 Å². The fraction of sp³-hybridized carbons (Fsp3) is 0.0870. The van der Waals surface area contributed by atoms with Gasteiger partial charge >= 0.3 is 12.1 Å². The summed E-state index contributed by atoms with van der Waals surface area (Å²) >= 11 is 1.07. The minimum absolute atomic E-state index is 0.0893. The minimum Gasteiger partial charge on any atom is -0.426 e. The van der Waals surface area contributed by atoms with Gasteiger partial charge in [0.2, 0.25) is 5.13 Å². The summed E-state index contributed by atoms with van der Waals surface area (Å²) in [5.74, 6) is -0.188. The Kier molecular flexibility index (Phi) is 5.91. The number of aromatic nitrogens is 3. The number of carbonyl (C=O) groups is 1. The summed E-state index contributed by atoms with van der Waals surface area (Å²) in [5.41, 5.74) is 1.07. The molecule has 0 N–H and O–H groups in total. The Balaban J connectivity index is 1.69. The van der Waals surface area contributed by atoms with E-state index in [1.807, 2.05) is 30.3 Å². The van der Waals surface area contributed by atoms with E-state index in [1.54, 1.807) is 35.7 Å². The number of carbonyl (C=O) groups excluding carboxylic acids is 1. The lowest BCUT2D eigenvalue weighted by Gasteiger charge is -2.07. The first-order valence-corrected chi connectivity index (χ1v) is 10.3. The number of ether oxygens (including phenoxy) is 1. The molecule has 0 unspecified atom stereocenters. The van der Waals surface area contributed by atoms with Crippen LogP contribution in [-0.2, 0) is 11.0 Å². The largest absolute Gasteiger partial charge is 0.433 e. The van der Waals surface area contributed by atoms with E-state index in [-0.39, 0.29) is 10.8 Å². The van der Waals surface area contributed by atoms with Crippen molar-refractivity contribution in [1.29, 1.82) is 0 Å². The summed E-state index contributed by atoms with van der Waals surface area (Å²) in [4.78, 5) is 15.6. The molecule has 0 aliphatic carbocycles. The van der Waals surface area contributed by atoms with E-state index in [0.29, 0.717) is 17.0 Å². The van der Waals surface area contributed by atoms with Crippen LogP contribution in [0, 0.1) is 0 Å². The van der Waals surface area contributed by atoms with Crippen LogP contribution in [0.5, 0.6) is 5.75 Å². The fourth-order valence-corrected chi connectivity index (χ4v) is 3.77. The molecule has 2 heterocycles. The molecule has 4 rings (SSSR count). The fourth-order valence-electron chi connectivity index (χ4n) is 2.97. The normalized spacial score (nSPS) is 11.8. The number of rotatable bonds is 5. The molecule has 0 spiro atoms. The van der Waals surface area contributed by atoms with Crippen molar-refractivity contribution in [2.45, 2.75) is 13.1 Å². The zero-order chi connectivity index (χ0) is 22.7. The zero-order valence-electron chi connectivity index (χ0n) is 16.7. The van der Waals surface area contributed by atoms with Crippen LogP contribution in [0.1, 0.15) is 23.9 Å². The molecule has 2 aromatic heterocycles. The average molecular weight is 455 g/mol. The quantitative estimate of drug-likeness (QED) is 0.269. The summed E-state index contributed by atoms with van der Waals surface area (Å²) in [6.07, 6.45) is -1.64. The predicted molar refractivity (Wildman–Crippen MR) is 116 cm³/mol. The Morgan fingerprint density at radius 2 is 1.78 bits per heavy atom. The number of alkyl halides is 3. The molecule has 0 fully saturated rings. The van der Waals surface area contributed by atoms with Crippen LogP contribution >= 0.6 is 11.3 Å². The number of esters is 1. The molecule has 0 aliphatic rings. The van der Waals surface area contributed by atoms with Gasteiger partial charge in [-0.15, -0.1) is 11.3 Å². The third-order valence-corrected chi connectivity index (χ3v) is 5.18. The molecule has 0 atom stereocenters. The van der Waals surface area contributed by atoms with E-state index in [2.05, 4.69) is 10.1 Å². The molecule has 162 valence electrons. The average Bonchev–Trinajstić information content (AvgIpc) is 3.40. The van der Waals surface area contributed by atoms with Crippen LogP contribution in [0.3, 0.4) is 0 Å². The highest BCUT2D eigenvalue weighted by atomic mass is 32.1. The molecule has 0 amide bonds. The summed E-state index contributed by atoms with van der Waals surface area (Å²) < 4.78 is 47.0. The number of para-hydroxylation sites is 1. The predicted octanol–water partition coefficient (Wildman–Crippen LogP) is 6.11. The van der Waals surface area contributed by atoms with Crippen LogP contribution in [0.25, 0.3) is 28.5 Å². The zero-order valence-corrected chi connectivity index (χ0v) is 17.5. The SMILES string of the molecule is CC(=O)Oc1ccccc1C=Cc1cc(C(F)(F)F)n(-c2nc(-c3ccccc3)cs2)n1. The first-order valence-electron chi connectivity index (χ1n) is 9.45. The summed E-state index contributed by atoms with van der Waals surface area (Å²) in [5, 5.41) is 5.91. The van der Waals surface area contributed by atoms with Gasteiger partial charge in [0.05, 0.1) is 11.4 Å². The van der Waals surface area contributed by atoms with Gasteiger partial charge in [-0.25, -0.2) is 9.67 Å². The van der Waals surface area contributed by atoms with Gasteiger partial charge in [0.25, 0.3) is 0 Å². The molecule has 0 saturated heterocycles. The molecular weight excluding hydrogens is 439 g/mol. The van der Waals surface area contributed by atoms with Crippen molar-refractivity contribution < 1.29 is 22.7 Å². The second-order valence-corrected chi connectivity index (χ2v) is 7.55. The van der Waals surface area contributed by atoms with Crippen LogP contribution < -0.4 is 4.74 Å². The Hall–Kier alpha value is -3.72. The van der Waals surface area contributed by atoms with E-state index in [4.69, 9.17) is 4.74 Å². The Morgan fingerprint density at radius 1 is 1.06 bits per heavy atom. The molecule has 0 radical (unpaired) electrons. The first-order chi connectivity index (χ1) is 15.3. The third kappa shape index (κ3) is 4.78. The van der Waals surface area contributed by atoms with Crippen molar-refractivity contribution in [1.82, 2.24) is 14.8 Å². The maximum atomic E-state index is 13.7. The summed E-state index contributed by atoms with van der Waals surface area (Å²) in [7, 11) is 0. The third-order valence-electron chi connectivity index (χ3n) is 4.37. The highest BCUT2D eigenvalue weighted by molar-refractivity contribution is 7.12. The molecule has 9 heteroatoms. The monoisotopic (exact) mass is 455 g/mol. The van der Waals surface area contributed by atoms with Crippen molar-refractivity contribution in [3.05, 3.63) is 83.0 Å². The van der Waals surface area contributed by atoms with Gasteiger partial charge in [0, 0.05) is 23.4 Å². The lowest BCUT2D eigenvalue weighted by molar-refractivity contribution is -0.142. The number of benzene rings is 2. The number of nitrogens with zero attached hydrogens (tertiary/aromatic N) is 3. The van der Waals surface area contributed by atoms with Crippen molar-refractivity contribution in [3.63, 3.8) is 0 Å². The van der Waals surface area contributed by atoms with Gasteiger partial charge in [0.15, 0.2) is 5.69 Å². The van der Waals surface area contributed by atoms with Crippen LogP contribution in [0.4, 0.5) is 13.2 Å². The lowest BCUT2D eigenvalue weighted by Crippen LogP contribution is -2.13. The van der Waals surface area contributed by atoms with Crippen LogP contribution in [-0.4, -0.2) is 20.7 Å². The van der Waals surface area contributed by atoms with Crippen molar-refractivity contribution >= 4 is 29.5 Å². The first kappa shape index (κ1) is 21.5. The molecule has 2 aromatic carbocycles. The second kappa shape index (κ2) is 8.80. The van der Waals surface area contributed by atoms with Gasteiger partial charge in [0.1, 0.15) is 5.75 Å². The lowest BCUT2D eigenvalue weighted by atomic mass is 10.1. The van der Waals surface area contributed by atoms with E-state index in [0.717, 1.165) is 27.6 Å². The Morgan fingerprint density at radius 3 is 2.50 bits per heavy atom. The van der Waals surface area contributed by atoms with Crippen molar-refractivity contribution in [2.75, 3.05) is 0 Å². The molecule has 4 aromatic rings. The summed E-state index contributed by atoms with van der Waals surface area (Å²) in [6.45, 7) is 1.27. The number of hydrogen-bond acceptors (Lipinski definition) is 5. The minimum atomic E-state index is -4.62. The van der Waals surface area contributed by atoms with Crippen molar-refractivity contribution in [2.24, 2.45) is 0 Å². The van der Waals surface area contributed by atoms with E-state index < -0.39 is 17.8 Å². The van der Waals surface area contributed by atoms with E-state index >= 15 is 0 Å². The maximum absolute atomic E-state index is 13.7. The van der Waals surface area contributed by atoms with Gasteiger partial charge in [-0.05, 0) is 24.3 Å². The van der Waals surface area contributed by atoms with Gasteiger partial charge in [-0.3, -0.25) is 4.79 Å². The molecule has 5 nitrogen and oxygen atoms in total. The highest BCUT2D eigenvalue weighted by Gasteiger charge is 2.36. The Labute approximate surface area is 185 Å². The van der Waals surface area contributed by atoms with Gasteiger partial charge in [-0.1, -0.05) is 48.5 Å². The smallest absolute Gasteiger partial charge is 0.426 e. The molecule has 0 bridgehead atoms. The van der Waals surface area contributed by atoms with Crippen molar-refractivity contribution in [3.8, 4) is 22.1 Å². The number of hydrogen-bond donors (Lipinski definition) is 0. The number of thiazole rings is 1. The van der Waals surface area contributed by atoms with Gasteiger partial charge in [-0.2, -0.15) is 18.3 Å². The highest BCUT2D eigenvalue weighted by Crippen LogP contribution is 2.34. The van der Waals surface area contributed by atoms with E-state index in [1.165, 1.54) is 13.0 Å². The molecule has 32 heavy (non-hydrogen) atoms. The maximum Gasteiger partial charge on any atom is 0.433 e. The molecule has 0 saturated carbocycles.